The van der Waals surface area contributed by atoms with Gasteiger partial charge in [0.15, 0.2) is 5.82 Å². The second kappa shape index (κ2) is 7.21. The molecule has 0 spiro atoms. The molecule has 0 amide bonds. The van der Waals surface area contributed by atoms with Crippen molar-refractivity contribution >= 4 is 21.7 Å². The SMILES string of the molecule is COc1ccc(C(=O)O)c(F)c1NS(=O)(=O)CCCCF. The maximum Gasteiger partial charge on any atom is 0.338 e. The number of carboxylic acids is 1. The van der Waals surface area contributed by atoms with E-state index >= 15 is 0 Å². The minimum absolute atomic E-state index is 0.0639. The normalized spacial score (nSPS) is 11.2. The van der Waals surface area contributed by atoms with Crippen LogP contribution in [-0.4, -0.2) is 39.0 Å². The van der Waals surface area contributed by atoms with Crippen molar-refractivity contribution in [3.8, 4) is 5.75 Å². The Morgan fingerprint density at radius 2 is 2.05 bits per heavy atom. The van der Waals surface area contributed by atoms with Crippen molar-refractivity contribution in [2.45, 2.75) is 12.8 Å². The highest BCUT2D eigenvalue weighted by Crippen LogP contribution is 2.31. The predicted molar refractivity (Wildman–Crippen MR) is 72.5 cm³/mol. The number of methoxy groups -OCH3 is 1. The fraction of sp³-hybridized carbons (Fsp3) is 0.417. The molecule has 118 valence electrons. The fourth-order valence-corrected chi connectivity index (χ4v) is 2.77. The number of hydrogen-bond donors (Lipinski definition) is 2. The van der Waals surface area contributed by atoms with E-state index in [9.17, 15) is 22.0 Å². The Balaban J connectivity index is 3.11. The van der Waals surface area contributed by atoms with Gasteiger partial charge in [-0.05, 0) is 25.0 Å². The van der Waals surface area contributed by atoms with E-state index in [1.54, 1.807) is 0 Å². The predicted octanol–water partition coefficient (Wildman–Crippen LogP) is 2.02. The molecule has 0 fully saturated rings. The fourth-order valence-electron chi connectivity index (χ4n) is 1.58. The lowest BCUT2D eigenvalue weighted by molar-refractivity contribution is 0.0692. The molecule has 0 aliphatic carbocycles. The molecule has 0 saturated heterocycles. The molecule has 0 atom stereocenters. The van der Waals surface area contributed by atoms with E-state index in [1.807, 2.05) is 4.72 Å². The Bertz CT molecular complexity index is 618. The third-order valence-electron chi connectivity index (χ3n) is 2.61. The highest BCUT2D eigenvalue weighted by Gasteiger charge is 2.22. The smallest absolute Gasteiger partial charge is 0.338 e. The van der Waals surface area contributed by atoms with Gasteiger partial charge in [0.25, 0.3) is 0 Å². The summed E-state index contributed by atoms with van der Waals surface area (Å²) in [6.07, 6.45) is 0.129. The van der Waals surface area contributed by atoms with Gasteiger partial charge in [-0.1, -0.05) is 0 Å². The molecule has 2 N–H and O–H groups in total. The second-order valence-electron chi connectivity index (χ2n) is 4.13. The van der Waals surface area contributed by atoms with Gasteiger partial charge >= 0.3 is 5.97 Å². The highest BCUT2D eigenvalue weighted by molar-refractivity contribution is 7.92. The van der Waals surface area contributed by atoms with E-state index < -0.39 is 45.5 Å². The molecule has 0 saturated carbocycles. The molecule has 9 heteroatoms. The number of aromatic carboxylic acids is 1. The quantitative estimate of drug-likeness (QED) is 0.714. The number of halogens is 2. The zero-order valence-electron chi connectivity index (χ0n) is 11.2. The Labute approximate surface area is 120 Å². The first kappa shape index (κ1) is 17.2. The van der Waals surface area contributed by atoms with E-state index in [0.717, 1.165) is 12.1 Å². The molecule has 0 radical (unpaired) electrons. The van der Waals surface area contributed by atoms with E-state index in [0.29, 0.717) is 0 Å². The van der Waals surface area contributed by atoms with Crippen molar-refractivity contribution in [1.82, 2.24) is 0 Å². The van der Waals surface area contributed by atoms with Crippen LogP contribution in [0.5, 0.6) is 5.75 Å². The zero-order chi connectivity index (χ0) is 16.0. The van der Waals surface area contributed by atoms with Crippen molar-refractivity contribution < 1.29 is 31.8 Å². The van der Waals surface area contributed by atoms with Gasteiger partial charge in [0.1, 0.15) is 11.4 Å². The zero-order valence-corrected chi connectivity index (χ0v) is 12.0. The number of ether oxygens (including phenoxy) is 1. The van der Waals surface area contributed by atoms with Gasteiger partial charge < -0.3 is 9.84 Å². The molecule has 1 aromatic rings. The van der Waals surface area contributed by atoms with Crippen LogP contribution in [-0.2, 0) is 10.0 Å². The molecule has 0 aromatic heterocycles. The van der Waals surface area contributed by atoms with E-state index in [2.05, 4.69) is 0 Å². The topological polar surface area (TPSA) is 92.7 Å². The van der Waals surface area contributed by atoms with Gasteiger partial charge in [0, 0.05) is 0 Å². The Kier molecular flexibility index (Phi) is 5.89. The first-order chi connectivity index (χ1) is 9.82. The van der Waals surface area contributed by atoms with Gasteiger partial charge in [0.2, 0.25) is 10.0 Å². The number of carbonyl (C=O) groups is 1. The van der Waals surface area contributed by atoms with Crippen LogP contribution in [0.3, 0.4) is 0 Å². The third kappa shape index (κ3) is 4.55. The Morgan fingerprint density at radius 1 is 1.38 bits per heavy atom. The van der Waals surface area contributed by atoms with Gasteiger partial charge in [-0.15, -0.1) is 0 Å². The number of alkyl halides is 1. The minimum Gasteiger partial charge on any atom is -0.494 e. The Hall–Kier alpha value is -1.90. The van der Waals surface area contributed by atoms with Crippen molar-refractivity contribution in [2.24, 2.45) is 0 Å². The number of anilines is 1. The molecular formula is C12H15F2NO5S. The Morgan fingerprint density at radius 3 is 2.57 bits per heavy atom. The summed E-state index contributed by atoms with van der Waals surface area (Å²) >= 11 is 0. The van der Waals surface area contributed by atoms with Crippen LogP contribution < -0.4 is 9.46 Å². The third-order valence-corrected chi connectivity index (χ3v) is 3.95. The molecule has 0 aliphatic heterocycles. The van der Waals surface area contributed by atoms with E-state index in [4.69, 9.17) is 9.84 Å². The monoisotopic (exact) mass is 323 g/mol. The average Bonchev–Trinajstić information content (AvgIpc) is 2.40. The van der Waals surface area contributed by atoms with Gasteiger partial charge in [-0.25, -0.2) is 17.6 Å². The summed E-state index contributed by atoms with van der Waals surface area (Å²) in [6.45, 7) is -0.651. The standard InChI is InChI=1S/C12H15F2NO5S/c1-20-9-5-4-8(12(16)17)10(14)11(9)15-21(18,19)7-3-2-6-13/h4-5,15H,2-3,6-7H2,1H3,(H,16,17). The summed E-state index contributed by atoms with van der Waals surface area (Å²) in [5.74, 6) is -3.33. The number of benzene rings is 1. The molecule has 0 unspecified atom stereocenters. The summed E-state index contributed by atoms with van der Waals surface area (Å²) in [7, 11) is -2.74. The lowest BCUT2D eigenvalue weighted by Crippen LogP contribution is -2.19. The van der Waals surface area contributed by atoms with Crippen molar-refractivity contribution in [3.63, 3.8) is 0 Å². The lowest BCUT2D eigenvalue weighted by atomic mass is 10.2. The number of nitrogens with one attached hydrogen (secondary N) is 1. The molecule has 21 heavy (non-hydrogen) atoms. The molecule has 1 rings (SSSR count). The second-order valence-corrected chi connectivity index (χ2v) is 5.97. The van der Waals surface area contributed by atoms with Gasteiger partial charge in [0.05, 0.1) is 25.1 Å². The van der Waals surface area contributed by atoms with E-state index in [-0.39, 0.29) is 18.6 Å². The van der Waals surface area contributed by atoms with E-state index in [1.165, 1.54) is 7.11 Å². The van der Waals surface area contributed by atoms with Gasteiger partial charge in [-0.3, -0.25) is 9.11 Å². The molecule has 6 nitrogen and oxygen atoms in total. The summed E-state index contributed by atoms with van der Waals surface area (Å²) in [5, 5.41) is 8.83. The highest BCUT2D eigenvalue weighted by atomic mass is 32.2. The number of carboxylic acid groups (broad SMARTS) is 1. The summed E-state index contributed by atoms with van der Waals surface area (Å²) < 4.78 is 56.3. The van der Waals surface area contributed by atoms with Crippen LogP contribution >= 0.6 is 0 Å². The van der Waals surface area contributed by atoms with Crippen LogP contribution in [0.15, 0.2) is 12.1 Å². The molecule has 1 aromatic carbocycles. The minimum atomic E-state index is -3.93. The molecule has 0 bridgehead atoms. The maximum atomic E-state index is 14.0. The van der Waals surface area contributed by atoms with Crippen LogP contribution in [0.25, 0.3) is 0 Å². The van der Waals surface area contributed by atoms with Crippen molar-refractivity contribution in [2.75, 3.05) is 24.3 Å². The summed E-state index contributed by atoms with van der Waals surface area (Å²) in [6, 6.07) is 2.11. The van der Waals surface area contributed by atoms with Crippen molar-refractivity contribution in [3.05, 3.63) is 23.5 Å². The number of hydrogen-bond acceptors (Lipinski definition) is 4. The first-order valence-corrected chi connectivity index (χ1v) is 7.64. The summed E-state index contributed by atoms with van der Waals surface area (Å²) in [4.78, 5) is 10.9. The average molecular weight is 323 g/mol. The summed E-state index contributed by atoms with van der Waals surface area (Å²) in [5.41, 5.74) is -1.25. The van der Waals surface area contributed by atoms with Crippen LogP contribution in [0.1, 0.15) is 23.2 Å². The lowest BCUT2D eigenvalue weighted by Gasteiger charge is -2.13. The largest absolute Gasteiger partial charge is 0.494 e. The molecule has 0 heterocycles. The van der Waals surface area contributed by atoms with Crippen LogP contribution in [0.2, 0.25) is 0 Å². The number of rotatable bonds is 8. The molecule has 0 aliphatic rings. The number of sulfonamides is 1. The number of unbranched alkanes of at least 4 members (excludes halogenated alkanes) is 1. The maximum absolute atomic E-state index is 14.0. The molecular weight excluding hydrogens is 308 g/mol. The van der Waals surface area contributed by atoms with Crippen molar-refractivity contribution in [1.29, 1.82) is 0 Å². The van der Waals surface area contributed by atoms with Gasteiger partial charge in [-0.2, -0.15) is 0 Å². The first-order valence-electron chi connectivity index (χ1n) is 5.98. The van der Waals surface area contributed by atoms with Crippen LogP contribution in [0, 0.1) is 5.82 Å². The van der Waals surface area contributed by atoms with Crippen LogP contribution in [0.4, 0.5) is 14.5 Å².